The third-order valence-corrected chi connectivity index (χ3v) is 5.11. The van der Waals surface area contributed by atoms with Gasteiger partial charge in [0.1, 0.15) is 11.9 Å². The van der Waals surface area contributed by atoms with E-state index in [1.165, 1.54) is 19.3 Å². The molecule has 6 heteroatoms. The number of furan rings is 1. The van der Waals surface area contributed by atoms with E-state index in [2.05, 4.69) is 15.1 Å². The number of piperazine rings is 1. The van der Waals surface area contributed by atoms with E-state index in [1.54, 1.807) is 18.4 Å². The highest BCUT2D eigenvalue weighted by molar-refractivity contribution is 5.78. The van der Waals surface area contributed by atoms with Gasteiger partial charge in [0, 0.05) is 38.8 Å². The van der Waals surface area contributed by atoms with Gasteiger partial charge in [-0.2, -0.15) is 0 Å². The molecule has 0 bridgehead atoms. The van der Waals surface area contributed by atoms with Crippen LogP contribution in [-0.2, 0) is 4.79 Å². The van der Waals surface area contributed by atoms with Crippen molar-refractivity contribution < 1.29 is 14.3 Å². The molecule has 134 valence electrons. The highest BCUT2D eigenvalue weighted by Gasteiger charge is 2.23. The summed E-state index contributed by atoms with van der Waals surface area (Å²) >= 11 is 0. The Morgan fingerprint density at radius 1 is 1.21 bits per heavy atom. The average Bonchev–Trinajstić information content (AvgIpc) is 3.12. The van der Waals surface area contributed by atoms with Crippen LogP contribution in [0.15, 0.2) is 22.8 Å². The molecule has 1 aliphatic carbocycles. The summed E-state index contributed by atoms with van der Waals surface area (Å²) in [6.45, 7) is 4.54. The summed E-state index contributed by atoms with van der Waals surface area (Å²) in [6.07, 6.45) is 7.04. The molecule has 1 amide bonds. The monoisotopic (exact) mass is 335 g/mol. The van der Waals surface area contributed by atoms with Gasteiger partial charge in [-0.3, -0.25) is 14.6 Å². The molecule has 0 radical (unpaired) electrons. The molecule has 2 N–H and O–H groups in total. The maximum atomic E-state index is 12.2. The molecule has 2 fully saturated rings. The predicted octanol–water partition coefficient (Wildman–Crippen LogP) is 1.38. The Balaban J connectivity index is 1.35. The number of hydrogen-bond acceptors (Lipinski definition) is 5. The average molecular weight is 335 g/mol. The van der Waals surface area contributed by atoms with E-state index in [0.717, 1.165) is 39.0 Å². The second-order valence-electron chi connectivity index (χ2n) is 7.01. The second kappa shape index (κ2) is 8.65. The van der Waals surface area contributed by atoms with Crippen molar-refractivity contribution in [2.45, 2.75) is 44.2 Å². The maximum absolute atomic E-state index is 12.2. The zero-order valence-electron chi connectivity index (χ0n) is 14.3. The molecule has 0 unspecified atom stereocenters. The molecular weight excluding hydrogens is 306 g/mol. The lowest BCUT2D eigenvalue weighted by molar-refractivity contribution is -0.123. The first kappa shape index (κ1) is 17.5. The van der Waals surface area contributed by atoms with Crippen LogP contribution >= 0.6 is 0 Å². The Morgan fingerprint density at radius 3 is 2.58 bits per heavy atom. The minimum atomic E-state index is -0.582. The standard InChI is InChI=1S/C18H29N3O3/c22-16(17-7-4-12-24-17)13-20-8-10-21(11-9-20)14-18(23)19-15-5-2-1-3-6-15/h4,7,12,15-16,22H,1-3,5-6,8-11,13-14H2,(H,19,23)/t16-/m0/s1. The van der Waals surface area contributed by atoms with E-state index in [0.29, 0.717) is 24.9 Å². The van der Waals surface area contributed by atoms with Gasteiger partial charge in [-0.1, -0.05) is 19.3 Å². The molecule has 1 saturated carbocycles. The van der Waals surface area contributed by atoms with Crippen molar-refractivity contribution in [3.63, 3.8) is 0 Å². The number of carbonyl (C=O) groups excluding carboxylic acids is 1. The minimum Gasteiger partial charge on any atom is -0.467 e. The van der Waals surface area contributed by atoms with Gasteiger partial charge >= 0.3 is 0 Å². The van der Waals surface area contributed by atoms with Gasteiger partial charge < -0.3 is 14.8 Å². The van der Waals surface area contributed by atoms with Gasteiger partial charge in [0.2, 0.25) is 5.91 Å². The predicted molar refractivity (Wildman–Crippen MR) is 91.6 cm³/mol. The molecule has 2 heterocycles. The SMILES string of the molecule is O=C(CN1CCN(C[C@H](O)c2ccco2)CC1)NC1CCCCC1. The smallest absolute Gasteiger partial charge is 0.234 e. The quantitative estimate of drug-likeness (QED) is 0.822. The number of rotatable bonds is 6. The van der Waals surface area contributed by atoms with Crippen LogP contribution in [-0.4, -0.2) is 66.1 Å². The summed E-state index contributed by atoms with van der Waals surface area (Å²) < 4.78 is 5.24. The van der Waals surface area contributed by atoms with Gasteiger partial charge in [0.25, 0.3) is 0 Å². The fourth-order valence-corrected chi connectivity index (χ4v) is 3.67. The molecule has 24 heavy (non-hydrogen) atoms. The Kier molecular flexibility index (Phi) is 6.29. The summed E-state index contributed by atoms with van der Waals surface area (Å²) in [7, 11) is 0. The Bertz CT molecular complexity index is 492. The number of β-amino-alcohol motifs (C(OH)–C–C–N with tert-alkyl or cyclic N) is 1. The van der Waals surface area contributed by atoms with Crippen molar-refractivity contribution in [3.05, 3.63) is 24.2 Å². The largest absolute Gasteiger partial charge is 0.467 e. The topological polar surface area (TPSA) is 69.0 Å². The molecule has 3 rings (SSSR count). The van der Waals surface area contributed by atoms with Crippen molar-refractivity contribution >= 4 is 5.91 Å². The van der Waals surface area contributed by atoms with Crippen LogP contribution in [0.4, 0.5) is 0 Å². The molecule has 6 nitrogen and oxygen atoms in total. The minimum absolute atomic E-state index is 0.158. The van der Waals surface area contributed by atoms with Crippen LogP contribution in [0.2, 0.25) is 0 Å². The van der Waals surface area contributed by atoms with Crippen molar-refractivity contribution in [2.75, 3.05) is 39.3 Å². The maximum Gasteiger partial charge on any atom is 0.234 e. The van der Waals surface area contributed by atoms with E-state index < -0.39 is 6.10 Å². The van der Waals surface area contributed by atoms with E-state index in [9.17, 15) is 9.90 Å². The van der Waals surface area contributed by atoms with Gasteiger partial charge in [0.05, 0.1) is 12.8 Å². The van der Waals surface area contributed by atoms with Crippen molar-refractivity contribution in [1.29, 1.82) is 0 Å². The number of aliphatic hydroxyl groups is 1. The van der Waals surface area contributed by atoms with Crippen molar-refractivity contribution in [1.82, 2.24) is 15.1 Å². The number of hydrogen-bond donors (Lipinski definition) is 2. The summed E-state index contributed by atoms with van der Waals surface area (Å²) in [5.41, 5.74) is 0. The van der Waals surface area contributed by atoms with Gasteiger partial charge in [-0.25, -0.2) is 0 Å². The van der Waals surface area contributed by atoms with Crippen LogP contribution < -0.4 is 5.32 Å². The van der Waals surface area contributed by atoms with Crippen LogP contribution in [0.1, 0.15) is 44.0 Å². The first-order valence-corrected chi connectivity index (χ1v) is 9.16. The molecule has 1 aromatic rings. The first-order valence-electron chi connectivity index (χ1n) is 9.16. The van der Waals surface area contributed by atoms with E-state index in [1.807, 2.05) is 0 Å². The molecular formula is C18H29N3O3. The highest BCUT2D eigenvalue weighted by atomic mass is 16.4. The van der Waals surface area contributed by atoms with Gasteiger partial charge in [-0.05, 0) is 25.0 Å². The third-order valence-electron chi connectivity index (χ3n) is 5.11. The third kappa shape index (κ3) is 5.06. The Morgan fingerprint density at radius 2 is 1.92 bits per heavy atom. The first-order chi connectivity index (χ1) is 11.7. The van der Waals surface area contributed by atoms with Gasteiger partial charge in [0.15, 0.2) is 0 Å². The zero-order chi connectivity index (χ0) is 16.8. The fourth-order valence-electron chi connectivity index (χ4n) is 3.67. The lowest BCUT2D eigenvalue weighted by Gasteiger charge is -2.35. The molecule has 1 saturated heterocycles. The fraction of sp³-hybridized carbons (Fsp3) is 0.722. The van der Waals surface area contributed by atoms with E-state index >= 15 is 0 Å². The van der Waals surface area contributed by atoms with Crippen molar-refractivity contribution in [2.24, 2.45) is 0 Å². The zero-order valence-corrected chi connectivity index (χ0v) is 14.3. The van der Waals surface area contributed by atoms with Crippen LogP contribution in [0.25, 0.3) is 0 Å². The lowest BCUT2D eigenvalue weighted by atomic mass is 9.95. The normalized spacial score (nSPS) is 22.4. The van der Waals surface area contributed by atoms with Crippen LogP contribution in [0.3, 0.4) is 0 Å². The molecule has 1 aromatic heterocycles. The second-order valence-corrected chi connectivity index (χ2v) is 7.01. The highest BCUT2D eigenvalue weighted by Crippen LogP contribution is 2.18. The van der Waals surface area contributed by atoms with Crippen LogP contribution in [0.5, 0.6) is 0 Å². The molecule has 2 aliphatic rings. The lowest BCUT2D eigenvalue weighted by Crippen LogP contribution is -2.51. The number of nitrogens with zero attached hydrogens (tertiary/aromatic N) is 2. The molecule has 1 atom stereocenters. The molecule has 0 aromatic carbocycles. The summed E-state index contributed by atoms with van der Waals surface area (Å²) in [5.74, 6) is 0.773. The Hall–Kier alpha value is -1.37. The Labute approximate surface area is 143 Å². The van der Waals surface area contributed by atoms with E-state index in [4.69, 9.17) is 4.42 Å². The number of amides is 1. The molecule has 0 spiro atoms. The number of aliphatic hydroxyl groups excluding tert-OH is 1. The van der Waals surface area contributed by atoms with Gasteiger partial charge in [-0.15, -0.1) is 0 Å². The van der Waals surface area contributed by atoms with Crippen molar-refractivity contribution in [3.8, 4) is 0 Å². The van der Waals surface area contributed by atoms with E-state index in [-0.39, 0.29) is 5.91 Å². The number of nitrogens with one attached hydrogen (secondary N) is 1. The summed E-state index contributed by atoms with van der Waals surface area (Å²) in [4.78, 5) is 16.6. The summed E-state index contributed by atoms with van der Waals surface area (Å²) in [6, 6.07) is 3.98. The van der Waals surface area contributed by atoms with Crippen LogP contribution in [0, 0.1) is 0 Å². The number of carbonyl (C=O) groups is 1. The molecule has 1 aliphatic heterocycles. The summed E-state index contributed by atoms with van der Waals surface area (Å²) in [5, 5.41) is 13.3.